The van der Waals surface area contributed by atoms with Crippen LogP contribution in [0.5, 0.6) is 5.75 Å². The molecule has 1 aromatic carbocycles. The number of rotatable bonds is 2. The highest BCUT2D eigenvalue weighted by atomic mass is 79.9. The van der Waals surface area contributed by atoms with E-state index in [1.54, 1.807) is 23.5 Å². The van der Waals surface area contributed by atoms with Gasteiger partial charge in [-0.1, -0.05) is 33.6 Å². The maximum atomic E-state index is 9.91. The number of aromatic hydroxyl groups is 1. The van der Waals surface area contributed by atoms with E-state index in [9.17, 15) is 5.11 Å². The van der Waals surface area contributed by atoms with Crippen molar-refractivity contribution in [2.24, 2.45) is 5.73 Å². The summed E-state index contributed by atoms with van der Waals surface area (Å²) in [6, 6.07) is 6.90. The van der Waals surface area contributed by atoms with Crippen molar-refractivity contribution in [3.8, 4) is 5.75 Å². The molecule has 0 amide bonds. The number of halogens is 2. The fourth-order valence-electron chi connectivity index (χ4n) is 1.46. The molecule has 0 radical (unpaired) electrons. The van der Waals surface area contributed by atoms with Gasteiger partial charge in [0.15, 0.2) is 0 Å². The van der Waals surface area contributed by atoms with Gasteiger partial charge in [-0.2, -0.15) is 0 Å². The lowest BCUT2D eigenvalue weighted by atomic mass is 10.1. The first-order valence-electron chi connectivity index (χ1n) is 4.57. The van der Waals surface area contributed by atoms with Gasteiger partial charge in [-0.15, -0.1) is 11.3 Å². The quantitative estimate of drug-likeness (QED) is 0.881. The second-order valence-corrected chi connectivity index (χ2v) is 5.53. The van der Waals surface area contributed by atoms with Crippen LogP contribution in [0.25, 0.3) is 0 Å². The van der Waals surface area contributed by atoms with Crippen LogP contribution in [0.3, 0.4) is 0 Å². The van der Waals surface area contributed by atoms with Gasteiger partial charge in [-0.05, 0) is 23.6 Å². The van der Waals surface area contributed by atoms with E-state index in [0.29, 0.717) is 10.6 Å². The van der Waals surface area contributed by atoms with E-state index in [-0.39, 0.29) is 11.8 Å². The van der Waals surface area contributed by atoms with Crippen LogP contribution in [0.15, 0.2) is 34.1 Å². The summed E-state index contributed by atoms with van der Waals surface area (Å²) in [4.78, 5) is 0.985. The van der Waals surface area contributed by atoms with Crippen molar-refractivity contribution in [2.75, 3.05) is 0 Å². The van der Waals surface area contributed by atoms with Crippen LogP contribution in [0.4, 0.5) is 0 Å². The number of thiophene rings is 1. The summed E-state index contributed by atoms with van der Waals surface area (Å²) >= 11 is 10.8. The highest BCUT2D eigenvalue weighted by molar-refractivity contribution is 9.10. The third kappa shape index (κ3) is 2.11. The zero-order valence-electron chi connectivity index (χ0n) is 8.15. The van der Waals surface area contributed by atoms with Crippen LogP contribution >= 0.6 is 38.9 Å². The molecule has 2 rings (SSSR count). The standard InChI is InChI=1S/C11H9BrClNOS/c12-6-3-4-7(13)11(15)9(6)10(14)8-2-1-5-16-8/h1-5,10,15H,14H2/t10-/m1/s1. The molecular formula is C11H9BrClNOS. The average molecular weight is 319 g/mol. The molecule has 1 aromatic heterocycles. The van der Waals surface area contributed by atoms with Gasteiger partial charge < -0.3 is 10.8 Å². The Morgan fingerprint density at radius 1 is 1.38 bits per heavy atom. The van der Waals surface area contributed by atoms with Crippen LogP contribution in [0.1, 0.15) is 16.5 Å². The van der Waals surface area contributed by atoms with Gasteiger partial charge in [-0.25, -0.2) is 0 Å². The fourth-order valence-corrected chi connectivity index (χ4v) is 2.93. The normalized spacial score (nSPS) is 12.7. The van der Waals surface area contributed by atoms with Crippen molar-refractivity contribution in [1.29, 1.82) is 0 Å². The lowest BCUT2D eigenvalue weighted by Gasteiger charge is -2.14. The largest absolute Gasteiger partial charge is 0.506 e. The molecule has 5 heteroatoms. The molecule has 0 fully saturated rings. The molecule has 0 spiro atoms. The molecule has 84 valence electrons. The third-order valence-corrected chi connectivity index (χ3v) is 4.23. The average Bonchev–Trinajstić information content (AvgIpc) is 2.77. The molecule has 1 atom stereocenters. The number of nitrogens with two attached hydrogens (primary N) is 1. The molecule has 0 aliphatic heterocycles. The molecule has 0 bridgehead atoms. The van der Waals surface area contributed by atoms with E-state index < -0.39 is 0 Å². The van der Waals surface area contributed by atoms with E-state index >= 15 is 0 Å². The monoisotopic (exact) mass is 317 g/mol. The van der Waals surface area contributed by atoms with Crippen molar-refractivity contribution < 1.29 is 5.11 Å². The smallest absolute Gasteiger partial charge is 0.140 e. The van der Waals surface area contributed by atoms with Crippen molar-refractivity contribution in [1.82, 2.24) is 0 Å². The molecule has 0 saturated carbocycles. The van der Waals surface area contributed by atoms with Gasteiger partial charge in [0.1, 0.15) is 5.75 Å². The zero-order valence-corrected chi connectivity index (χ0v) is 11.3. The maximum Gasteiger partial charge on any atom is 0.140 e. The first-order valence-corrected chi connectivity index (χ1v) is 6.62. The Kier molecular flexibility index (Phi) is 3.54. The molecule has 1 heterocycles. The fraction of sp³-hybridized carbons (Fsp3) is 0.0909. The van der Waals surface area contributed by atoms with Crippen LogP contribution in [0.2, 0.25) is 5.02 Å². The van der Waals surface area contributed by atoms with Gasteiger partial charge in [0.05, 0.1) is 11.1 Å². The van der Waals surface area contributed by atoms with E-state index in [4.69, 9.17) is 17.3 Å². The molecule has 0 aliphatic rings. The highest BCUT2D eigenvalue weighted by Gasteiger charge is 2.19. The number of phenolic OH excluding ortho intramolecular Hbond substituents is 1. The third-order valence-electron chi connectivity index (χ3n) is 2.28. The summed E-state index contributed by atoms with van der Waals surface area (Å²) < 4.78 is 0.760. The topological polar surface area (TPSA) is 46.2 Å². The zero-order chi connectivity index (χ0) is 11.7. The molecule has 0 unspecified atom stereocenters. The molecule has 0 aliphatic carbocycles. The molecular weight excluding hydrogens is 310 g/mol. The number of hydrogen-bond donors (Lipinski definition) is 2. The Balaban J connectivity index is 2.52. The summed E-state index contributed by atoms with van der Waals surface area (Å²) in [6.07, 6.45) is 0. The van der Waals surface area contributed by atoms with Crippen LogP contribution in [-0.2, 0) is 0 Å². The Morgan fingerprint density at radius 2 is 2.12 bits per heavy atom. The molecule has 3 N–H and O–H groups in total. The second-order valence-electron chi connectivity index (χ2n) is 3.28. The lowest BCUT2D eigenvalue weighted by molar-refractivity contribution is 0.465. The maximum absolute atomic E-state index is 9.91. The van der Waals surface area contributed by atoms with E-state index in [1.807, 2.05) is 17.5 Å². The molecule has 2 nitrogen and oxygen atoms in total. The first kappa shape index (κ1) is 11.9. The summed E-state index contributed by atoms with van der Waals surface area (Å²) in [5.74, 6) is 0.0388. The van der Waals surface area contributed by atoms with Gasteiger partial charge >= 0.3 is 0 Å². The predicted octanol–water partition coefficient (Wildman–Crippen LogP) is 3.92. The van der Waals surface area contributed by atoms with E-state index in [1.165, 1.54) is 0 Å². The Morgan fingerprint density at radius 3 is 2.75 bits per heavy atom. The van der Waals surface area contributed by atoms with Crippen molar-refractivity contribution in [3.05, 3.63) is 49.6 Å². The van der Waals surface area contributed by atoms with Crippen molar-refractivity contribution in [3.63, 3.8) is 0 Å². The van der Waals surface area contributed by atoms with Crippen molar-refractivity contribution in [2.45, 2.75) is 6.04 Å². The number of benzene rings is 1. The predicted molar refractivity (Wildman–Crippen MR) is 71.2 cm³/mol. The minimum Gasteiger partial charge on any atom is -0.506 e. The molecule has 0 saturated heterocycles. The lowest BCUT2D eigenvalue weighted by Crippen LogP contribution is -2.11. The van der Waals surface area contributed by atoms with Crippen LogP contribution < -0.4 is 5.73 Å². The summed E-state index contributed by atoms with van der Waals surface area (Å²) in [5.41, 5.74) is 6.71. The Bertz CT molecular complexity index is 501. The van der Waals surface area contributed by atoms with Gasteiger partial charge in [0.25, 0.3) is 0 Å². The first-order chi connectivity index (χ1) is 7.61. The summed E-state index contributed by atoms with van der Waals surface area (Å²) in [5, 5.41) is 12.2. The summed E-state index contributed by atoms with van der Waals surface area (Å²) in [7, 11) is 0. The number of hydrogen-bond acceptors (Lipinski definition) is 3. The molecule has 16 heavy (non-hydrogen) atoms. The van der Waals surface area contributed by atoms with E-state index in [2.05, 4.69) is 15.9 Å². The highest BCUT2D eigenvalue weighted by Crippen LogP contribution is 2.39. The summed E-state index contributed by atoms with van der Waals surface area (Å²) in [6.45, 7) is 0. The van der Waals surface area contributed by atoms with Crippen LogP contribution in [0, 0.1) is 0 Å². The van der Waals surface area contributed by atoms with Crippen LogP contribution in [-0.4, -0.2) is 5.11 Å². The molecule has 2 aromatic rings. The second kappa shape index (κ2) is 4.75. The van der Waals surface area contributed by atoms with Gasteiger partial charge in [0, 0.05) is 14.9 Å². The van der Waals surface area contributed by atoms with Crippen molar-refractivity contribution >= 4 is 38.9 Å². The Hall–Kier alpha value is -0.550. The van der Waals surface area contributed by atoms with E-state index in [0.717, 1.165) is 9.35 Å². The minimum atomic E-state index is -0.368. The van der Waals surface area contributed by atoms with Gasteiger partial charge in [0.2, 0.25) is 0 Å². The number of phenols is 1. The SMILES string of the molecule is N[C@H](c1cccs1)c1c(Br)ccc(Cl)c1O. The minimum absolute atomic E-state index is 0.0388. The Labute approximate surface area is 111 Å². The van der Waals surface area contributed by atoms with Gasteiger partial charge in [-0.3, -0.25) is 0 Å².